The molecule has 2 unspecified atom stereocenters. The van der Waals surface area contributed by atoms with Crippen LogP contribution in [0.25, 0.3) is 0 Å². The lowest BCUT2D eigenvalue weighted by atomic mass is 9.95. The molecule has 0 amide bonds. The van der Waals surface area contributed by atoms with E-state index in [2.05, 4.69) is 0 Å². The van der Waals surface area contributed by atoms with E-state index >= 15 is 0 Å². The number of ketones is 1. The maximum atomic E-state index is 13.2. The van der Waals surface area contributed by atoms with E-state index in [4.69, 9.17) is 0 Å². The Bertz CT molecular complexity index is 504. The predicted molar refractivity (Wildman–Crippen MR) is 75.1 cm³/mol. The summed E-state index contributed by atoms with van der Waals surface area (Å²) in [5.74, 6) is -0.558. The molecule has 0 aliphatic rings. The van der Waals surface area contributed by atoms with E-state index in [0.717, 1.165) is 23.9 Å². The van der Waals surface area contributed by atoms with Gasteiger partial charge in [-0.05, 0) is 37.1 Å². The standard InChI is InChI=1S/C14H17FO4S/c1-8(16)11-4-3-10(15)7-12(11)14(19)13(18)5-6-20-9(2)17/h3-4,7,13-14,18-19H,5-6H2,1-2H3. The molecule has 1 aromatic carbocycles. The molecule has 110 valence electrons. The van der Waals surface area contributed by atoms with Crippen molar-refractivity contribution in [1.82, 2.24) is 0 Å². The average molecular weight is 300 g/mol. The first-order chi connectivity index (χ1) is 9.32. The van der Waals surface area contributed by atoms with Crippen LogP contribution in [0, 0.1) is 5.82 Å². The maximum Gasteiger partial charge on any atom is 0.185 e. The minimum absolute atomic E-state index is 0.0674. The molecule has 1 aromatic rings. The van der Waals surface area contributed by atoms with Crippen LogP contribution in [0.15, 0.2) is 18.2 Å². The third-order valence-corrected chi connectivity index (χ3v) is 3.64. The number of aliphatic hydroxyl groups is 2. The van der Waals surface area contributed by atoms with Crippen LogP contribution < -0.4 is 0 Å². The zero-order valence-corrected chi connectivity index (χ0v) is 12.1. The van der Waals surface area contributed by atoms with Crippen LogP contribution in [0.4, 0.5) is 4.39 Å². The van der Waals surface area contributed by atoms with E-state index in [9.17, 15) is 24.2 Å². The molecular weight excluding hydrogens is 283 g/mol. The second kappa shape index (κ2) is 7.52. The summed E-state index contributed by atoms with van der Waals surface area (Å²) < 4.78 is 13.2. The second-order valence-electron chi connectivity index (χ2n) is 4.43. The highest BCUT2D eigenvalue weighted by atomic mass is 32.2. The topological polar surface area (TPSA) is 74.6 Å². The van der Waals surface area contributed by atoms with Crippen molar-refractivity contribution in [2.45, 2.75) is 32.5 Å². The van der Waals surface area contributed by atoms with Crippen molar-refractivity contribution >= 4 is 22.7 Å². The van der Waals surface area contributed by atoms with Gasteiger partial charge in [0.15, 0.2) is 10.9 Å². The molecule has 4 nitrogen and oxygen atoms in total. The largest absolute Gasteiger partial charge is 0.390 e. The number of hydrogen-bond donors (Lipinski definition) is 2. The van der Waals surface area contributed by atoms with E-state index in [1.54, 1.807) is 0 Å². The maximum absolute atomic E-state index is 13.2. The van der Waals surface area contributed by atoms with Gasteiger partial charge in [-0.3, -0.25) is 9.59 Å². The van der Waals surface area contributed by atoms with Crippen molar-refractivity contribution in [3.05, 3.63) is 35.1 Å². The summed E-state index contributed by atoms with van der Waals surface area (Å²) in [5, 5.41) is 19.8. The van der Waals surface area contributed by atoms with Crippen molar-refractivity contribution in [3.8, 4) is 0 Å². The minimum atomic E-state index is -1.36. The van der Waals surface area contributed by atoms with Gasteiger partial charge in [-0.1, -0.05) is 11.8 Å². The molecule has 20 heavy (non-hydrogen) atoms. The Morgan fingerprint density at radius 1 is 1.30 bits per heavy atom. The van der Waals surface area contributed by atoms with Crippen molar-refractivity contribution in [2.75, 3.05) is 5.75 Å². The van der Waals surface area contributed by atoms with Gasteiger partial charge >= 0.3 is 0 Å². The molecule has 6 heteroatoms. The molecule has 0 aliphatic heterocycles. The van der Waals surface area contributed by atoms with Gasteiger partial charge in [0, 0.05) is 18.2 Å². The molecule has 2 atom stereocenters. The summed E-state index contributed by atoms with van der Waals surface area (Å²) in [7, 11) is 0. The normalized spacial score (nSPS) is 13.8. The summed E-state index contributed by atoms with van der Waals surface area (Å²) in [6.07, 6.45) is -2.36. The molecule has 0 fully saturated rings. The molecule has 0 saturated carbocycles. The van der Waals surface area contributed by atoms with E-state index in [1.165, 1.54) is 19.9 Å². The van der Waals surface area contributed by atoms with Gasteiger partial charge < -0.3 is 10.2 Å². The molecule has 0 heterocycles. The molecule has 2 N–H and O–H groups in total. The zero-order chi connectivity index (χ0) is 15.3. The highest BCUT2D eigenvalue weighted by Gasteiger charge is 2.23. The third-order valence-electron chi connectivity index (χ3n) is 2.79. The van der Waals surface area contributed by atoms with Gasteiger partial charge in [-0.2, -0.15) is 0 Å². The Hall–Kier alpha value is -1.24. The van der Waals surface area contributed by atoms with E-state index in [1.807, 2.05) is 0 Å². The first kappa shape index (κ1) is 16.8. The molecule has 0 saturated heterocycles. The zero-order valence-electron chi connectivity index (χ0n) is 11.3. The number of rotatable bonds is 6. The van der Waals surface area contributed by atoms with Gasteiger partial charge in [0.05, 0.1) is 6.10 Å². The molecule has 0 aliphatic carbocycles. The number of halogens is 1. The van der Waals surface area contributed by atoms with Crippen molar-refractivity contribution < 1.29 is 24.2 Å². The van der Waals surface area contributed by atoms with Crippen LogP contribution in [0.2, 0.25) is 0 Å². The summed E-state index contributed by atoms with van der Waals surface area (Å²) in [5.41, 5.74) is 0.245. The van der Waals surface area contributed by atoms with Gasteiger partial charge in [0.2, 0.25) is 0 Å². The smallest absolute Gasteiger partial charge is 0.185 e. The lowest BCUT2D eigenvalue weighted by molar-refractivity contribution is -0.109. The van der Waals surface area contributed by atoms with Gasteiger partial charge in [0.25, 0.3) is 0 Å². The number of carbonyl (C=O) groups excluding carboxylic acids is 2. The Morgan fingerprint density at radius 2 is 1.95 bits per heavy atom. The Labute approximate surface area is 121 Å². The van der Waals surface area contributed by atoms with Crippen molar-refractivity contribution in [1.29, 1.82) is 0 Å². The van der Waals surface area contributed by atoms with Crippen LogP contribution in [0.3, 0.4) is 0 Å². The Morgan fingerprint density at radius 3 is 2.50 bits per heavy atom. The number of thioether (sulfide) groups is 1. The Balaban J connectivity index is 2.84. The number of hydrogen-bond acceptors (Lipinski definition) is 5. The fraction of sp³-hybridized carbons (Fsp3) is 0.429. The van der Waals surface area contributed by atoms with E-state index in [0.29, 0.717) is 5.75 Å². The van der Waals surface area contributed by atoms with E-state index in [-0.39, 0.29) is 28.4 Å². The lowest BCUT2D eigenvalue weighted by Gasteiger charge is -2.20. The average Bonchev–Trinajstić information content (AvgIpc) is 2.36. The van der Waals surface area contributed by atoms with Crippen LogP contribution in [-0.4, -0.2) is 33.0 Å². The first-order valence-corrected chi connectivity index (χ1v) is 7.11. The highest BCUT2D eigenvalue weighted by Crippen LogP contribution is 2.25. The number of aliphatic hydroxyl groups excluding tert-OH is 2. The first-order valence-electron chi connectivity index (χ1n) is 6.12. The monoisotopic (exact) mass is 300 g/mol. The summed E-state index contributed by atoms with van der Waals surface area (Å²) in [6.45, 7) is 2.72. The number of Topliss-reactive ketones (excluding diaryl/α,β-unsaturated/α-hetero) is 1. The summed E-state index contributed by atoms with van der Waals surface area (Å²) in [4.78, 5) is 22.2. The number of carbonyl (C=O) groups is 2. The number of benzene rings is 1. The van der Waals surface area contributed by atoms with Gasteiger partial charge in [-0.15, -0.1) is 0 Å². The molecule has 0 spiro atoms. The minimum Gasteiger partial charge on any atom is -0.390 e. The van der Waals surface area contributed by atoms with Crippen LogP contribution in [0.5, 0.6) is 0 Å². The van der Waals surface area contributed by atoms with Crippen molar-refractivity contribution in [3.63, 3.8) is 0 Å². The van der Waals surface area contributed by atoms with Crippen LogP contribution in [0.1, 0.15) is 42.3 Å². The summed E-state index contributed by atoms with van der Waals surface area (Å²) in [6, 6.07) is 3.46. The highest BCUT2D eigenvalue weighted by molar-refractivity contribution is 8.13. The fourth-order valence-electron chi connectivity index (χ4n) is 1.79. The molecular formula is C14H17FO4S. The molecule has 0 radical (unpaired) electrons. The second-order valence-corrected chi connectivity index (χ2v) is 5.70. The molecule has 0 aromatic heterocycles. The quantitative estimate of drug-likeness (QED) is 0.787. The summed E-state index contributed by atoms with van der Waals surface area (Å²) >= 11 is 1.03. The third kappa shape index (κ3) is 4.70. The van der Waals surface area contributed by atoms with Gasteiger partial charge in [-0.25, -0.2) is 4.39 Å². The van der Waals surface area contributed by atoms with Gasteiger partial charge in [0.1, 0.15) is 11.9 Å². The van der Waals surface area contributed by atoms with Crippen LogP contribution in [-0.2, 0) is 4.79 Å². The van der Waals surface area contributed by atoms with E-state index < -0.39 is 18.0 Å². The SMILES string of the molecule is CC(=O)SCCC(O)C(O)c1cc(F)ccc1C(C)=O. The van der Waals surface area contributed by atoms with Crippen LogP contribution >= 0.6 is 11.8 Å². The molecule has 1 rings (SSSR count). The Kier molecular flexibility index (Phi) is 6.32. The molecule has 0 bridgehead atoms. The predicted octanol–water partition coefficient (Wildman–Crippen LogP) is 2.09. The van der Waals surface area contributed by atoms with Crippen molar-refractivity contribution in [2.24, 2.45) is 0 Å². The lowest BCUT2D eigenvalue weighted by Crippen LogP contribution is -2.21. The fourth-order valence-corrected chi connectivity index (χ4v) is 2.43.